The van der Waals surface area contributed by atoms with E-state index in [-0.39, 0.29) is 0 Å². The van der Waals surface area contributed by atoms with Gasteiger partial charge in [-0.2, -0.15) is 4.98 Å². The lowest BCUT2D eigenvalue weighted by Gasteiger charge is -2.13. The van der Waals surface area contributed by atoms with E-state index in [2.05, 4.69) is 84.3 Å². The van der Waals surface area contributed by atoms with Gasteiger partial charge in [0, 0.05) is 11.1 Å². The Morgan fingerprint density at radius 1 is 0.700 bits per heavy atom. The summed E-state index contributed by atoms with van der Waals surface area (Å²) >= 11 is 0. The van der Waals surface area contributed by atoms with Crippen molar-refractivity contribution in [2.45, 2.75) is 32.6 Å². The number of imidazole rings is 1. The highest BCUT2D eigenvalue weighted by atomic mass is 16.5. The molecule has 0 saturated carbocycles. The van der Waals surface area contributed by atoms with Gasteiger partial charge in [0.25, 0.3) is 0 Å². The van der Waals surface area contributed by atoms with Crippen LogP contribution in [0.5, 0.6) is 6.01 Å². The molecule has 0 bridgehead atoms. The Hall–Kier alpha value is -3.33. The molecule has 0 aliphatic heterocycles. The molecule has 4 aromatic rings. The highest BCUT2D eigenvalue weighted by molar-refractivity contribution is 5.81. The predicted molar refractivity (Wildman–Crippen MR) is 124 cm³/mol. The normalized spacial score (nSPS) is 10.8. The molecule has 1 aromatic heterocycles. The van der Waals surface area contributed by atoms with Crippen molar-refractivity contribution in [3.8, 4) is 34.2 Å². The molecule has 4 rings (SSSR count). The monoisotopic (exact) mass is 396 g/mol. The zero-order valence-corrected chi connectivity index (χ0v) is 17.5. The molecular formula is C27H28N2O. The third-order valence-electron chi connectivity index (χ3n) is 5.18. The van der Waals surface area contributed by atoms with Crippen LogP contribution < -0.4 is 4.74 Å². The van der Waals surface area contributed by atoms with Gasteiger partial charge in [-0.05, 0) is 18.6 Å². The van der Waals surface area contributed by atoms with Crippen molar-refractivity contribution in [3.63, 3.8) is 0 Å². The molecule has 0 aliphatic rings. The van der Waals surface area contributed by atoms with E-state index in [1.54, 1.807) is 0 Å². The Labute approximate surface area is 179 Å². The third-order valence-corrected chi connectivity index (χ3v) is 5.18. The molecule has 0 unspecified atom stereocenters. The minimum Gasteiger partial charge on any atom is -0.464 e. The van der Waals surface area contributed by atoms with Crippen molar-refractivity contribution in [2.24, 2.45) is 0 Å². The minimum atomic E-state index is 0.649. The summed E-state index contributed by atoms with van der Waals surface area (Å²) in [6.45, 7) is 2.90. The van der Waals surface area contributed by atoms with Gasteiger partial charge in [0.05, 0.1) is 18.0 Å². The number of hydrogen-bond donors (Lipinski definition) is 0. The van der Waals surface area contributed by atoms with Crippen LogP contribution in [-0.4, -0.2) is 16.2 Å². The van der Waals surface area contributed by atoms with Crippen LogP contribution in [0.15, 0.2) is 91.0 Å². The van der Waals surface area contributed by atoms with Crippen LogP contribution >= 0.6 is 0 Å². The van der Waals surface area contributed by atoms with E-state index in [0.29, 0.717) is 12.6 Å². The molecule has 0 aliphatic carbocycles. The lowest BCUT2D eigenvalue weighted by Crippen LogP contribution is -2.05. The number of nitrogens with zero attached hydrogens (tertiary/aromatic N) is 2. The number of rotatable bonds is 9. The maximum Gasteiger partial charge on any atom is 0.302 e. The predicted octanol–water partition coefficient (Wildman–Crippen LogP) is 7.17. The summed E-state index contributed by atoms with van der Waals surface area (Å²) in [6, 6.07) is 31.8. The van der Waals surface area contributed by atoms with Crippen LogP contribution in [0.4, 0.5) is 0 Å². The zero-order valence-electron chi connectivity index (χ0n) is 17.5. The molecule has 0 N–H and O–H groups in total. The fourth-order valence-corrected chi connectivity index (χ4v) is 3.66. The van der Waals surface area contributed by atoms with Crippen LogP contribution in [0.1, 0.15) is 32.6 Å². The molecular weight excluding hydrogens is 368 g/mol. The third kappa shape index (κ3) is 4.46. The maximum absolute atomic E-state index is 6.25. The molecule has 3 nitrogen and oxygen atoms in total. The fourth-order valence-electron chi connectivity index (χ4n) is 3.66. The molecule has 0 atom stereocenters. The first kappa shape index (κ1) is 20.0. The van der Waals surface area contributed by atoms with E-state index in [1.807, 2.05) is 18.2 Å². The van der Waals surface area contributed by atoms with Gasteiger partial charge in [-0.3, -0.25) is 4.57 Å². The van der Waals surface area contributed by atoms with Crippen LogP contribution in [-0.2, 0) is 0 Å². The van der Waals surface area contributed by atoms with E-state index >= 15 is 0 Å². The average Bonchev–Trinajstić information content (AvgIpc) is 3.20. The second-order valence-electron chi connectivity index (χ2n) is 7.40. The van der Waals surface area contributed by atoms with Crippen LogP contribution in [0.3, 0.4) is 0 Å². The number of para-hydroxylation sites is 1. The quantitative estimate of drug-likeness (QED) is 0.281. The summed E-state index contributed by atoms with van der Waals surface area (Å²) in [6.07, 6.45) is 4.67. The lowest BCUT2D eigenvalue weighted by atomic mass is 10.0. The number of ether oxygens (including phenoxy) is 1. The van der Waals surface area contributed by atoms with Crippen LogP contribution in [0.2, 0.25) is 0 Å². The first-order valence-electron chi connectivity index (χ1n) is 10.8. The van der Waals surface area contributed by atoms with Crippen molar-refractivity contribution in [3.05, 3.63) is 91.0 Å². The highest BCUT2D eigenvalue weighted by Gasteiger charge is 2.22. The number of unbranched alkanes of at least 4 members (excludes halogenated alkanes) is 3. The van der Waals surface area contributed by atoms with Gasteiger partial charge in [-0.15, -0.1) is 0 Å². The van der Waals surface area contributed by atoms with Crippen molar-refractivity contribution in [1.29, 1.82) is 0 Å². The summed E-state index contributed by atoms with van der Waals surface area (Å²) in [5.74, 6) is 0. The molecule has 30 heavy (non-hydrogen) atoms. The largest absolute Gasteiger partial charge is 0.464 e. The molecule has 3 aromatic carbocycles. The van der Waals surface area contributed by atoms with Gasteiger partial charge in [0.1, 0.15) is 5.69 Å². The summed E-state index contributed by atoms with van der Waals surface area (Å²) in [5.41, 5.74) is 5.25. The van der Waals surface area contributed by atoms with Gasteiger partial charge >= 0.3 is 6.01 Å². The average molecular weight is 397 g/mol. The van der Waals surface area contributed by atoms with Crippen LogP contribution in [0, 0.1) is 0 Å². The molecule has 0 spiro atoms. The van der Waals surface area contributed by atoms with Crippen molar-refractivity contribution in [2.75, 3.05) is 6.61 Å². The topological polar surface area (TPSA) is 27.1 Å². The molecule has 3 heteroatoms. The number of aromatic nitrogens is 2. The standard InChI is InChI=1S/C27H28N2O/c1-2-3-4-14-21-30-27-28-25(22-15-8-5-9-16-22)26(23-17-10-6-11-18-23)29(27)24-19-12-7-13-20-24/h5-13,15-20H,2-4,14,21H2,1H3. The smallest absolute Gasteiger partial charge is 0.302 e. The Kier molecular flexibility index (Phi) is 6.61. The first-order chi connectivity index (χ1) is 14.9. The Bertz CT molecular complexity index is 1040. The van der Waals surface area contributed by atoms with E-state index in [9.17, 15) is 0 Å². The number of benzene rings is 3. The summed E-state index contributed by atoms with van der Waals surface area (Å²) in [5, 5.41) is 0. The summed E-state index contributed by atoms with van der Waals surface area (Å²) in [7, 11) is 0. The summed E-state index contributed by atoms with van der Waals surface area (Å²) in [4.78, 5) is 4.99. The highest BCUT2D eigenvalue weighted by Crippen LogP contribution is 2.37. The Balaban J connectivity index is 1.84. The molecule has 0 amide bonds. The molecule has 1 heterocycles. The van der Waals surface area contributed by atoms with Crippen LogP contribution in [0.25, 0.3) is 28.2 Å². The SMILES string of the molecule is CCCCCCOc1nc(-c2ccccc2)c(-c2ccccc2)n1-c1ccccc1. The van der Waals surface area contributed by atoms with Crippen molar-refractivity contribution < 1.29 is 4.74 Å². The van der Waals surface area contributed by atoms with E-state index in [0.717, 1.165) is 34.6 Å². The maximum atomic E-state index is 6.25. The van der Waals surface area contributed by atoms with E-state index in [4.69, 9.17) is 9.72 Å². The minimum absolute atomic E-state index is 0.649. The van der Waals surface area contributed by atoms with Gasteiger partial charge < -0.3 is 4.74 Å². The van der Waals surface area contributed by atoms with Gasteiger partial charge in [0.2, 0.25) is 0 Å². The van der Waals surface area contributed by atoms with E-state index in [1.165, 1.54) is 19.3 Å². The van der Waals surface area contributed by atoms with Gasteiger partial charge in [-0.1, -0.05) is 105 Å². The number of hydrogen-bond acceptors (Lipinski definition) is 2. The zero-order chi connectivity index (χ0) is 20.6. The first-order valence-corrected chi connectivity index (χ1v) is 10.8. The van der Waals surface area contributed by atoms with Crippen molar-refractivity contribution in [1.82, 2.24) is 9.55 Å². The molecule has 0 saturated heterocycles. The van der Waals surface area contributed by atoms with Gasteiger partial charge in [-0.25, -0.2) is 0 Å². The van der Waals surface area contributed by atoms with Gasteiger partial charge in [0.15, 0.2) is 0 Å². The van der Waals surface area contributed by atoms with E-state index < -0.39 is 0 Å². The lowest BCUT2D eigenvalue weighted by molar-refractivity contribution is 0.278. The second-order valence-corrected chi connectivity index (χ2v) is 7.40. The van der Waals surface area contributed by atoms with Crippen molar-refractivity contribution >= 4 is 0 Å². The Morgan fingerprint density at radius 2 is 1.30 bits per heavy atom. The Morgan fingerprint density at radius 3 is 1.93 bits per heavy atom. The second kappa shape index (κ2) is 9.93. The molecule has 152 valence electrons. The molecule has 0 radical (unpaired) electrons. The molecule has 0 fully saturated rings. The fraction of sp³-hybridized carbons (Fsp3) is 0.222. The summed E-state index contributed by atoms with van der Waals surface area (Å²) < 4.78 is 8.40.